The molecule has 1 N–H and O–H groups in total. The molecular weight excluding hydrogens is 210 g/mol. The quantitative estimate of drug-likeness (QED) is 0.818. The first-order valence-electron chi connectivity index (χ1n) is 6.43. The molecule has 1 aromatic rings. The Balaban J connectivity index is 2.76. The van der Waals surface area contributed by atoms with Gasteiger partial charge in [-0.2, -0.15) is 0 Å². The van der Waals surface area contributed by atoms with Gasteiger partial charge >= 0.3 is 0 Å². The molecule has 0 saturated heterocycles. The molecule has 0 fully saturated rings. The van der Waals surface area contributed by atoms with Gasteiger partial charge in [-0.05, 0) is 52.3 Å². The van der Waals surface area contributed by atoms with Crippen LogP contribution in [-0.2, 0) is 11.2 Å². The number of hydrogen-bond acceptors (Lipinski definition) is 2. The fraction of sp³-hybridized carbons (Fsp3) is 0.600. The van der Waals surface area contributed by atoms with Crippen molar-refractivity contribution in [2.24, 2.45) is 0 Å². The van der Waals surface area contributed by atoms with Crippen molar-refractivity contribution in [2.45, 2.75) is 46.3 Å². The van der Waals surface area contributed by atoms with Crippen LogP contribution in [0.2, 0.25) is 0 Å². The van der Waals surface area contributed by atoms with Crippen LogP contribution in [0.25, 0.3) is 0 Å². The van der Waals surface area contributed by atoms with Crippen LogP contribution in [0.15, 0.2) is 18.2 Å². The fourth-order valence-corrected chi connectivity index (χ4v) is 2.14. The van der Waals surface area contributed by atoms with E-state index in [1.54, 1.807) is 0 Å². The van der Waals surface area contributed by atoms with Gasteiger partial charge in [0, 0.05) is 12.6 Å². The van der Waals surface area contributed by atoms with Gasteiger partial charge in [-0.3, -0.25) is 0 Å². The van der Waals surface area contributed by atoms with E-state index < -0.39 is 0 Å². The molecule has 2 nitrogen and oxygen atoms in total. The molecule has 1 rings (SSSR count). The summed E-state index contributed by atoms with van der Waals surface area (Å²) < 4.78 is 5.67. The highest BCUT2D eigenvalue weighted by atomic mass is 16.5. The first kappa shape index (κ1) is 14.2. The fourth-order valence-electron chi connectivity index (χ4n) is 2.14. The number of rotatable bonds is 6. The van der Waals surface area contributed by atoms with E-state index >= 15 is 0 Å². The summed E-state index contributed by atoms with van der Waals surface area (Å²) in [6.45, 7) is 9.26. The monoisotopic (exact) mass is 235 g/mol. The van der Waals surface area contributed by atoms with Crippen molar-refractivity contribution in [1.82, 2.24) is 5.32 Å². The highest BCUT2D eigenvalue weighted by molar-refractivity contribution is 5.31. The molecule has 96 valence electrons. The molecule has 0 aliphatic rings. The maximum atomic E-state index is 5.67. The van der Waals surface area contributed by atoms with Gasteiger partial charge in [-0.25, -0.2) is 0 Å². The minimum atomic E-state index is 0.241. The second kappa shape index (κ2) is 6.77. The molecule has 2 heteroatoms. The number of likely N-dealkylation sites (N-methyl/N-ethyl adjacent to an activating group) is 1. The number of ether oxygens (including phenoxy) is 1. The standard InChI is InChI=1S/C15H25NO/c1-6-17-13(4)15(16-5)10-14-9-11(2)7-8-12(14)3/h7-9,13,15-16H,6,10H2,1-5H3. The zero-order valence-corrected chi connectivity index (χ0v) is 11.7. The average molecular weight is 235 g/mol. The molecule has 0 radical (unpaired) electrons. The summed E-state index contributed by atoms with van der Waals surface area (Å²) >= 11 is 0. The Bertz CT molecular complexity index is 349. The van der Waals surface area contributed by atoms with Gasteiger partial charge in [0.15, 0.2) is 0 Å². The van der Waals surface area contributed by atoms with Crippen LogP contribution in [0.4, 0.5) is 0 Å². The number of hydrogen-bond donors (Lipinski definition) is 1. The van der Waals surface area contributed by atoms with Gasteiger partial charge in [-0.1, -0.05) is 23.8 Å². The van der Waals surface area contributed by atoms with E-state index in [0.29, 0.717) is 6.04 Å². The molecule has 0 heterocycles. The summed E-state index contributed by atoms with van der Waals surface area (Å²) in [5.41, 5.74) is 4.10. The van der Waals surface area contributed by atoms with E-state index in [1.807, 2.05) is 14.0 Å². The Hall–Kier alpha value is -0.860. The third kappa shape index (κ3) is 4.14. The number of nitrogens with one attached hydrogen (secondary N) is 1. The van der Waals surface area contributed by atoms with Crippen molar-refractivity contribution in [2.75, 3.05) is 13.7 Å². The molecule has 2 unspecified atom stereocenters. The second-order valence-corrected chi connectivity index (χ2v) is 4.69. The van der Waals surface area contributed by atoms with Crippen molar-refractivity contribution >= 4 is 0 Å². The van der Waals surface area contributed by atoms with E-state index in [4.69, 9.17) is 4.74 Å². The average Bonchev–Trinajstić information content (AvgIpc) is 2.30. The zero-order valence-electron chi connectivity index (χ0n) is 11.7. The van der Waals surface area contributed by atoms with Crippen LogP contribution in [0.3, 0.4) is 0 Å². The van der Waals surface area contributed by atoms with Crippen LogP contribution < -0.4 is 5.32 Å². The zero-order chi connectivity index (χ0) is 12.8. The van der Waals surface area contributed by atoms with Crippen molar-refractivity contribution < 1.29 is 4.74 Å². The molecule has 2 atom stereocenters. The van der Waals surface area contributed by atoms with E-state index in [-0.39, 0.29) is 6.10 Å². The predicted molar refractivity (Wildman–Crippen MR) is 73.6 cm³/mol. The molecule has 0 bridgehead atoms. The summed E-state index contributed by atoms with van der Waals surface area (Å²) in [6, 6.07) is 7.01. The Morgan fingerprint density at radius 3 is 2.59 bits per heavy atom. The summed E-state index contributed by atoms with van der Waals surface area (Å²) in [5.74, 6) is 0. The summed E-state index contributed by atoms with van der Waals surface area (Å²) in [7, 11) is 2.01. The van der Waals surface area contributed by atoms with Gasteiger partial charge in [0.05, 0.1) is 6.10 Å². The SMILES string of the molecule is CCOC(C)C(Cc1cc(C)ccc1C)NC. The van der Waals surface area contributed by atoms with Crippen LogP contribution in [0.1, 0.15) is 30.5 Å². The third-order valence-electron chi connectivity index (χ3n) is 3.31. The van der Waals surface area contributed by atoms with Gasteiger partial charge in [-0.15, -0.1) is 0 Å². The minimum Gasteiger partial charge on any atom is -0.377 e. The maximum absolute atomic E-state index is 5.67. The normalized spacial score (nSPS) is 14.6. The highest BCUT2D eigenvalue weighted by Crippen LogP contribution is 2.15. The smallest absolute Gasteiger partial charge is 0.0702 e. The molecule has 0 amide bonds. The lowest BCUT2D eigenvalue weighted by molar-refractivity contribution is 0.0496. The van der Waals surface area contributed by atoms with Crippen LogP contribution >= 0.6 is 0 Å². The first-order valence-corrected chi connectivity index (χ1v) is 6.43. The summed E-state index contributed by atoms with van der Waals surface area (Å²) in [5, 5.41) is 3.36. The first-order chi connectivity index (χ1) is 8.08. The van der Waals surface area contributed by atoms with Crippen molar-refractivity contribution in [3.05, 3.63) is 34.9 Å². The van der Waals surface area contributed by atoms with Crippen molar-refractivity contribution in [3.8, 4) is 0 Å². The molecule has 0 aliphatic carbocycles. The minimum absolute atomic E-state index is 0.241. The van der Waals surface area contributed by atoms with E-state index in [1.165, 1.54) is 16.7 Å². The topological polar surface area (TPSA) is 21.3 Å². The second-order valence-electron chi connectivity index (χ2n) is 4.69. The van der Waals surface area contributed by atoms with Crippen LogP contribution in [0, 0.1) is 13.8 Å². The molecular formula is C15H25NO. The Morgan fingerprint density at radius 1 is 1.29 bits per heavy atom. The summed E-state index contributed by atoms with van der Waals surface area (Å²) in [6.07, 6.45) is 1.26. The van der Waals surface area contributed by atoms with Crippen LogP contribution in [-0.4, -0.2) is 25.8 Å². The lowest BCUT2D eigenvalue weighted by Crippen LogP contribution is -2.39. The predicted octanol–water partition coefficient (Wildman–Crippen LogP) is 2.86. The molecule has 0 spiro atoms. The van der Waals surface area contributed by atoms with Crippen molar-refractivity contribution in [3.63, 3.8) is 0 Å². The Labute approximate surface area is 105 Å². The van der Waals surface area contributed by atoms with Gasteiger partial charge < -0.3 is 10.1 Å². The van der Waals surface area contributed by atoms with E-state index in [9.17, 15) is 0 Å². The van der Waals surface area contributed by atoms with E-state index in [0.717, 1.165) is 13.0 Å². The molecule has 0 saturated carbocycles. The molecule has 0 aliphatic heterocycles. The van der Waals surface area contributed by atoms with E-state index in [2.05, 4.69) is 44.3 Å². The largest absolute Gasteiger partial charge is 0.377 e. The third-order valence-corrected chi connectivity index (χ3v) is 3.31. The van der Waals surface area contributed by atoms with Gasteiger partial charge in [0.1, 0.15) is 0 Å². The Kier molecular flexibility index (Phi) is 5.66. The van der Waals surface area contributed by atoms with Gasteiger partial charge in [0.2, 0.25) is 0 Å². The lowest BCUT2D eigenvalue weighted by Gasteiger charge is -2.24. The molecule has 0 aromatic heterocycles. The molecule has 1 aromatic carbocycles. The van der Waals surface area contributed by atoms with Crippen molar-refractivity contribution in [1.29, 1.82) is 0 Å². The number of benzene rings is 1. The lowest BCUT2D eigenvalue weighted by atomic mass is 9.97. The molecule has 17 heavy (non-hydrogen) atoms. The number of aryl methyl sites for hydroxylation is 2. The summed E-state index contributed by atoms with van der Waals surface area (Å²) in [4.78, 5) is 0. The highest BCUT2D eigenvalue weighted by Gasteiger charge is 2.16. The van der Waals surface area contributed by atoms with Crippen LogP contribution in [0.5, 0.6) is 0 Å². The van der Waals surface area contributed by atoms with Gasteiger partial charge in [0.25, 0.3) is 0 Å². The Morgan fingerprint density at radius 2 is 2.00 bits per heavy atom. The maximum Gasteiger partial charge on any atom is 0.0702 e.